The number of aromatic nitrogens is 1. The molecule has 0 aliphatic carbocycles. The summed E-state index contributed by atoms with van der Waals surface area (Å²) in [5.74, 6) is 1.02. The first kappa shape index (κ1) is 16.8. The number of hydrogen-bond acceptors (Lipinski definition) is 5. The number of carbonyl (C=O) groups is 1. The smallest absolute Gasteiger partial charge is 0.253 e. The third-order valence-corrected chi connectivity index (χ3v) is 6.34. The van der Waals surface area contributed by atoms with Crippen LogP contribution < -0.4 is 5.32 Å². The highest BCUT2D eigenvalue weighted by Crippen LogP contribution is 2.30. The molecule has 0 saturated carbocycles. The van der Waals surface area contributed by atoms with Crippen LogP contribution in [0.4, 0.5) is 0 Å². The largest absolute Gasteiger partial charge is 0.464 e. The molecule has 1 amide bonds. The summed E-state index contributed by atoms with van der Waals surface area (Å²) in [4.78, 5) is 20.2. The summed E-state index contributed by atoms with van der Waals surface area (Å²) in [6.07, 6.45) is 4.00. The predicted octanol–water partition coefficient (Wildman–Crippen LogP) is 4.07. The molecule has 3 aliphatic rings. The standard InChI is InChI=1S/C23H21N3O3/c27-22(24-18-13-26-9-6-14(18)7-10-26)17-2-1-3-20-21(17)25-23(29-20)16-4-5-19-15(12-16)8-11-28-19/h1-5,8,11-12,14,18H,6-7,9-10,13H2,(H,24,27). The molecule has 1 atom stereocenters. The van der Waals surface area contributed by atoms with Crippen LogP contribution in [-0.2, 0) is 0 Å². The zero-order valence-electron chi connectivity index (χ0n) is 15.9. The Hall–Kier alpha value is -3.12. The van der Waals surface area contributed by atoms with Gasteiger partial charge in [0.1, 0.15) is 11.1 Å². The van der Waals surface area contributed by atoms with E-state index in [4.69, 9.17) is 8.83 Å². The van der Waals surface area contributed by atoms with Gasteiger partial charge in [0.15, 0.2) is 5.58 Å². The van der Waals surface area contributed by atoms with Crippen LogP contribution in [0, 0.1) is 5.92 Å². The van der Waals surface area contributed by atoms with Crippen LogP contribution in [0.3, 0.4) is 0 Å². The van der Waals surface area contributed by atoms with Crippen LogP contribution in [0.1, 0.15) is 23.2 Å². The van der Waals surface area contributed by atoms with Gasteiger partial charge in [-0.15, -0.1) is 0 Å². The van der Waals surface area contributed by atoms with E-state index in [1.165, 1.54) is 12.8 Å². The van der Waals surface area contributed by atoms with Crippen LogP contribution in [-0.4, -0.2) is 41.5 Å². The Balaban J connectivity index is 1.33. The molecule has 2 aromatic heterocycles. The van der Waals surface area contributed by atoms with Gasteiger partial charge in [-0.3, -0.25) is 4.79 Å². The van der Waals surface area contributed by atoms with Crippen LogP contribution in [0.25, 0.3) is 33.5 Å². The van der Waals surface area contributed by atoms with Gasteiger partial charge in [-0.05, 0) is 68.2 Å². The lowest BCUT2D eigenvalue weighted by Gasteiger charge is -2.44. The molecule has 3 saturated heterocycles. The molecular formula is C23H21N3O3. The zero-order valence-corrected chi connectivity index (χ0v) is 15.9. The minimum absolute atomic E-state index is 0.0699. The van der Waals surface area contributed by atoms with Gasteiger partial charge >= 0.3 is 0 Å². The molecule has 3 fully saturated rings. The Morgan fingerprint density at radius 1 is 1.10 bits per heavy atom. The minimum atomic E-state index is -0.0699. The van der Waals surface area contributed by atoms with E-state index >= 15 is 0 Å². The van der Waals surface area contributed by atoms with Crippen LogP contribution in [0.5, 0.6) is 0 Å². The van der Waals surface area contributed by atoms with Crippen molar-refractivity contribution in [1.82, 2.24) is 15.2 Å². The molecule has 1 unspecified atom stereocenters. The van der Waals surface area contributed by atoms with Crippen molar-refractivity contribution >= 4 is 28.0 Å². The first-order valence-electron chi connectivity index (χ1n) is 10.1. The van der Waals surface area contributed by atoms with E-state index < -0.39 is 0 Å². The number of carbonyl (C=O) groups excluding carboxylic acids is 1. The van der Waals surface area contributed by atoms with Crippen molar-refractivity contribution in [3.63, 3.8) is 0 Å². The third-order valence-electron chi connectivity index (χ3n) is 6.34. The van der Waals surface area contributed by atoms with Gasteiger partial charge in [-0.25, -0.2) is 4.98 Å². The second-order valence-electron chi connectivity index (χ2n) is 8.06. The SMILES string of the molecule is O=C(NC1CN2CCC1CC2)c1cccc2oc(-c3ccc4occc4c3)nc12. The molecule has 1 N–H and O–H groups in total. The van der Waals surface area contributed by atoms with Crippen molar-refractivity contribution < 1.29 is 13.6 Å². The first-order chi connectivity index (χ1) is 14.2. The molecule has 3 aliphatic heterocycles. The van der Waals surface area contributed by atoms with Crippen molar-refractivity contribution in [1.29, 1.82) is 0 Å². The van der Waals surface area contributed by atoms with Crippen LogP contribution in [0.2, 0.25) is 0 Å². The van der Waals surface area contributed by atoms with Gasteiger partial charge < -0.3 is 19.1 Å². The normalized spacial score (nSPS) is 23.7. The number of para-hydroxylation sites is 1. The quantitative estimate of drug-likeness (QED) is 0.574. The Morgan fingerprint density at radius 3 is 2.83 bits per heavy atom. The lowest BCUT2D eigenvalue weighted by atomic mass is 9.84. The highest BCUT2D eigenvalue weighted by molar-refractivity contribution is 6.05. The van der Waals surface area contributed by atoms with Gasteiger partial charge in [0.05, 0.1) is 11.8 Å². The summed E-state index contributed by atoms with van der Waals surface area (Å²) in [6.45, 7) is 3.25. The summed E-state index contributed by atoms with van der Waals surface area (Å²) >= 11 is 0. The molecule has 0 radical (unpaired) electrons. The van der Waals surface area contributed by atoms with Gasteiger partial charge in [-0.2, -0.15) is 0 Å². The van der Waals surface area contributed by atoms with Gasteiger partial charge in [-0.1, -0.05) is 6.07 Å². The van der Waals surface area contributed by atoms with Gasteiger partial charge in [0.25, 0.3) is 5.91 Å². The van der Waals surface area contributed by atoms with Crippen molar-refractivity contribution in [2.24, 2.45) is 5.92 Å². The van der Waals surface area contributed by atoms with Crippen molar-refractivity contribution in [2.45, 2.75) is 18.9 Å². The monoisotopic (exact) mass is 387 g/mol. The van der Waals surface area contributed by atoms with E-state index in [2.05, 4.69) is 15.2 Å². The molecule has 5 heterocycles. The Morgan fingerprint density at radius 2 is 2.00 bits per heavy atom. The van der Waals surface area contributed by atoms with Crippen molar-refractivity contribution in [2.75, 3.05) is 19.6 Å². The van der Waals surface area contributed by atoms with Crippen LogP contribution >= 0.6 is 0 Å². The minimum Gasteiger partial charge on any atom is -0.464 e. The van der Waals surface area contributed by atoms with E-state index in [9.17, 15) is 4.79 Å². The van der Waals surface area contributed by atoms with Gasteiger partial charge in [0.2, 0.25) is 5.89 Å². The number of fused-ring (bicyclic) bond motifs is 5. The maximum atomic E-state index is 13.1. The molecule has 7 rings (SSSR count). The fourth-order valence-electron chi connectivity index (χ4n) is 4.73. The second kappa shape index (κ2) is 6.46. The van der Waals surface area contributed by atoms with E-state index in [1.54, 1.807) is 6.26 Å². The Labute approximate surface area is 167 Å². The topological polar surface area (TPSA) is 71.5 Å². The van der Waals surface area contributed by atoms with E-state index in [1.807, 2.05) is 42.5 Å². The third kappa shape index (κ3) is 2.83. The fourth-order valence-corrected chi connectivity index (χ4v) is 4.73. The van der Waals surface area contributed by atoms with Crippen molar-refractivity contribution in [3.8, 4) is 11.5 Å². The second-order valence-corrected chi connectivity index (χ2v) is 8.06. The lowest BCUT2D eigenvalue weighted by molar-refractivity contribution is 0.0621. The molecule has 6 heteroatoms. The number of oxazole rings is 1. The van der Waals surface area contributed by atoms with Crippen LogP contribution in [0.15, 0.2) is 57.6 Å². The zero-order chi connectivity index (χ0) is 19.4. The number of benzene rings is 2. The molecular weight excluding hydrogens is 366 g/mol. The highest BCUT2D eigenvalue weighted by atomic mass is 16.3. The number of amides is 1. The number of nitrogens with one attached hydrogen (secondary N) is 1. The maximum Gasteiger partial charge on any atom is 0.253 e. The number of nitrogens with zero attached hydrogens (tertiary/aromatic N) is 2. The lowest BCUT2D eigenvalue weighted by Crippen LogP contribution is -2.57. The van der Waals surface area contributed by atoms with E-state index in [-0.39, 0.29) is 11.9 Å². The van der Waals surface area contributed by atoms with E-state index in [0.29, 0.717) is 28.5 Å². The molecule has 4 aromatic rings. The van der Waals surface area contributed by atoms with Crippen molar-refractivity contribution in [3.05, 3.63) is 54.3 Å². The molecule has 29 heavy (non-hydrogen) atoms. The molecule has 146 valence electrons. The number of rotatable bonds is 3. The predicted molar refractivity (Wildman–Crippen MR) is 110 cm³/mol. The number of piperidine rings is 3. The maximum absolute atomic E-state index is 13.1. The highest BCUT2D eigenvalue weighted by Gasteiger charge is 2.35. The average molecular weight is 387 g/mol. The van der Waals surface area contributed by atoms with E-state index in [0.717, 1.165) is 36.2 Å². The summed E-state index contributed by atoms with van der Waals surface area (Å²) in [5.41, 5.74) is 3.47. The molecule has 2 bridgehead atoms. The number of hydrogen-bond donors (Lipinski definition) is 1. The molecule has 2 aromatic carbocycles. The fraction of sp³-hybridized carbons (Fsp3) is 0.304. The van der Waals surface area contributed by atoms with Gasteiger partial charge in [0, 0.05) is 23.5 Å². The molecule has 6 nitrogen and oxygen atoms in total. The summed E-state index contributed by atoms with van der Waals surface area (Å²) in [5, 5.41) is 4.24. The number of furan rings is 1. The summed E-state index contributed by atoms with van der Waals surface area (Å²) < 4.78 is 11.4. The summed E-state index contributed by atoms with van der Waals surface area (Å²) in [7, 11) is 0. The first-order valence-corrected chi connectivity index (χ1v) is 10.1. The average Bonchev–Trinajstić information content (AvgIpc) is 3.40. The summed E-state index contributed by atoms with van der Waals surface area (Å²) in [6, 6.07) is 13.5. The Bertz CT molecular complexity index is 1220. The Kier molecular flexibility index (Phi) is 3.74. The molecule has 0 spiro atoms.